The molecule has 0 spiro atoms. The van der Waals surface area contributed by atoms with Crippen LogP contribution in [-0.4, -0.2) is 11.4 Å². The van der Waals surface area contributed by atoms with Crippen molar-refractivity contribution in [2.45, 2.75) is 6.04 Å². The average Bonchev–Trinajstić information content (AvgIpc) is 2.08. The first-order valence-electron chi connectivity index (χ1n) is 3.27. The molecular weight excluding hydrogens is 178 g/mol. The van der Waals surface area contributed by atoms with E-state index in [4.69, 9.17) is 22.4 Å². The van der Waals surface area contributed by atoms with Crippen LogP contribution in [0.5, 0.6) is 5.75 Å². The summed E-state index contributed by atoms with van der Waals surface area (Å²) in [5.74, 6) is -0.0292. The van der Waals surface area contributed by atoms with Gasteiger partial charge in [0, 0.05) is 0 Å². The second-order valence-electron chi connectivity index (χ2n) is 2.31. The Bertz CT molecular complexity index is 301. The van der Waals surface area contributed by atoms with Crippen LogP contribution in [0.15, 0.2) is 18.2 Å². The number of phenolic OH excluding ortho intramolecular Hbond substituents is 1. The van der Waals surface area contributed by atoms with Crippen molar-refractivity contribution in [2.75, 3.05) is 0 Å². The van der Waals surface area contributed by atoms with E-state index in [-0.39, 0.29) is 10.8 Å². The summed E-state index contributed by atoms with van der Waals surface area (Å²) in [5.41, 5.74) is 5.88. The molecule has 0 fully saturated rings. The lowest BCUT2D eigenvalue weighted by Crippen LogP contribution is -2.10. The number of aromatic hydroxyl groups is 1. The Morgan fingerprint density at radius 2 is 2.25 bits per heavy atom. The SMILES string of the molecule is NC([C]=O)c1ccc(O)c(Cl)c1. The predicted octanol–water partition coefficient (Wildman–Crippen LogP) is 1.16. The fourth-order valence-corrected chi connectivity index (χ4v) is 0.974. The third-order valence-corrected chi connectivity index (χ3v) is 1.76. The van der Waals surface area contributed by atoms with Crippen LogP contribution in [0, 0.1) is 0 Å². The van der Waals surface area contributed by atoms with Crippen molar-refractivity contribution < 1.29 is 9.90 Å². The van der Waals surface area contributed by atoms with Gasteiger partial charge in [0.05, 0.1) is 11.1 Å². The number of rotatable bonds is 2. The van der Waals surface area contributed by atoms with E-state index in [2.05, 4.69) is 0 Å². The van der Waals surface area contributed by atoms with Gasteiger partial charge in [-0.25, -0.2) is 0 Å². The highest BCUT2D eigenvalue weighted by molar-refractivity contribution is 6.32. The van der Waals surface area contributed by atoms with E-state index in [1.807, 2.05) is 0 Å². The number of benzene rings is 1. The van der Waals surface area contributed by atoms with Gasteiger partial charge in [-0.1, -0.05) is 17.7 Å². The molecule has 0 aromatic heterocycles. The normalized spacial score (nSPS) is 12.5. The summed E-state index contributed by atoms with van der Waals surface area (Å²) in [6, 6.07) is 3.54. The van der Waals surface area contributed by atoms with Crippen molar-refractivity contribution in [1.29, 1.82) is 0 Å². The molecular formula is C8H7ClNO2. The monoisotopic (exact) mass is 184 g/mol. The van der Waals surface area contributed by atoms with Crippen LogP contribution in [0.25, 0.3) is 0 Å². The fraction of sp³-hybridized carbons (Fsp3) is 0.125. The van der Waals surface area contributed by atoms with Gasteiger partial charge in [-0.2, -0.15) is 0 Å². The molecule has 3 nitrogen and oxygen atoms in total. The van der Waals surface area contributed by atoms with Gasteiger partial charge < -0.3 is 10.8 Å². The molecule has 4 heteroatoms. The Labute approximate surface area is 74.8 Å². The molecule has 12 heavy (non-hydrogen) atoms. The molecule has 1 aromatic carbocycles. The molecule has 0 saturated heterocycles. The maximum absolute atomic E-state index is 10.1. The zero-order valence-electron chi connectivity index (χ0n) is 6.12. The Kier molecular flexibility index (Phi) is 2.68. The van der Waals surface area contributed by atoms with E-state index in [0.717, 1.165) is 0 Å². The highest BCUT2D eigenvalue weighted by atomic mass is 35.5. The second-order valence-corrected chi connectivity index (χ2v) is 2.71. The first-order chi connectivity index (χ1) is 5.65. The molecule has 0 aliphatic heterocycles. The molecule has 1 radical (unpaired) electrons. The third-order valence-electron chi connectivity index (χ3n) is 1.46. The summed E-state index contributed by atoms with van der Waals surface area (Å²) in [6.07, 6.45) is 1.62. The van der Waals surface area contributed by atoms with E-state index < -0.39 is 6.04 Å². The average molecular weight is 185 g/mol. The minimum Gasteiger partial charge on any atom is -0.506 e. The van der Waals surface area contributed by atoms with Gasteiger partial charge in [-0.3, -0.25) is 4.79 Å². The largest absolute Gasteiger partial charge is 0.506 e. The van der Waals surface area contributed by atoms with Crippen molar-refractivity contribution in [2.24, 2.45) is 5.73 Å². The Morgan fingerprint density at radius 1 is 1.58 bits per heavy atom. The summed E-state index contributed by atoms with van der Waals surface area (Å²) < 4.78 is 0. The van der Waals surface area contributed by atoms with Crippen LogP contribution in [0.1, 0.15) is 11.6 Å². The summed E-state index contributed by atoms with van der Waals surface area (Å²) in [7, 11) is 0. The fourth-order valence-electron chi connectivity index (χ4n) is 0.785. The lowest BCUT2D eigenvalue weighted by Gasteiger charge is -2.04. The van der Waals surface area contributed by atoms with Gasteiger partial charge in [-0.15, -0.1) is 0 Å². The summed E-state index contributed by atoms with van der Waals surface area (Å²) >= 11 is 5.58. The molecule has 0 saturated carbocycles. The molecule has 1 aromatic rings. The van der Waals surface area contributed by atoms with Gasteiger partial charge in [0.15, 0.2) is 0 Å². The number of hydrogen-bond acceptors (Lipinski definition) is 3. The van der Waals surface area contributed by atoms with Crippen LogP contribution >= 0.6 is 11.6 Å². The van der Waals surface area contributed by atoms with Crippen molar-refractivity contribution >= 4 is 17.9 Å². The van der Waals surface area contributed by atoms with Crippen LogP contribution in [0.3, 0.4) is 0 Å². The molecule has 3 N–H and O–H groups in total. The quantitative estimate of drug-likeness (QED) is 0.725. The maximum atomic E-state index is 10.1. The molecule has 0 amide bonds. The minimum absolute atomic E-state index is 0.0292. The Morgan fingerprint density at radius 3 is 2.75 bits per heavy atom. The van der Waals surface area contributed by atoms with Crippen LogP contribution in [0.4, 0.5) is 0 Å². The highest BCUT2D eigenvalue weighted by Gasteiger charge is 2.07. The molecule has 1 atom stereocenters. The number of halogens is 1. The molecule has 0 aliphatic rings. The van der Waals surface area contributed by atoms with Crippen molar-refractivity contribution in [3.05, 3.63) is 28.8 Å². The molecule has 0 bridgehead atoms. The third kappa shape index (κ3) is 1.75. The van der Waals surface area contributed by atoms with Gasteiger partial charge in [0.1, 0.15) is 5.75 Å². The summed E-state index contributed by atoms with van der Waals surface area (Å²) in [4.78, 5) is 10.1. The lowest BCUT2D eigenvalue weighted by molar-refractivity contribution is 0.475. The number of phenols is 1. The van der Waals surface area contributed by atoms with E-state index >= 15 is 0 Å². The number of carbonyl (C=O) groups excluding carboxylic acids is 1. The standard InChI is InChI=1S/C8H7ClNO2/c9-6-3-5(7(10)4-11)1-2-8(6)12/h1-3,7,12H,10H2. The van der Waals surface area contributed by atoms with Gasteiger partial charge in [0.2, 0.25) is 6.29 Å². The van der Waals surface area contributed by atoms with Crippen LogP contribution in [-0.2, 0) is 4.79 Å². The van der Waals surface area contributed by atoms with Crippen LogP contribution < -0.4 is 5.73 Å². The van der Waals surface area contributed by atoms with E-state index in [1.165, 1.54) is 18.2 Å². The zero-order valence-corrected chi connectivity index (χ0v) is 6.88. The van der Waals surface area contributed by atoms with E-state index in [9.17, 15) is 4.79 Å². The summed E-state index contributed by atoms with van der Waals surface area (Å²) in [6.45, 7) is 0. The Hall–Kier alpha value is -1.06. The predicted molar refractivity (Wildman–Crippen MR) is 45.7 cm³/mol. The molecule has 0 heterocycles. The maximum Gasteiger partial charge on any atom is 0.221 e. The topological polar surface area (TPSA) is 63.3 Å². The second kappa shape index (κ2) is 3.56. The van der Waals surface area contributed by atoms with Crippen molar-refractivity contribution in [1.82, 2.24) is 0 Å². The van der Waals surface area contributed by atoms with E-state index in [0.29, 0.717) is 5.56 Å². The van der Waals surface area contributed by atoms with E-state index in [1.54, 1.807) is 6.29 Å². The first kappa shape index (κ1) is 9.03. The molecule has 63 valence electrons. The van der Waals surface area contributed by atoms with Gasteiger partial charge in [0.25, 0.3) is 0 Å². The zero-order chi connectivity index (χ0) is 9.14. The first-order valence-corrected chi connectivity index (χ1v) is 3.64. The van der Waals surface area contributed by atoms with Gasteiger partial charge >= 0.3 is 0 Å². The molecule has 0 aliphatic carbocycles. The summed E-state index contributed by atoms with van der Waals surface area (Å²) in [5, 5.41) is 9.21. The smallest absolute Gasteiger partial charge is 0.221 e. The van der Waals surface area contributed by atoms with Crippen molar-refractivity contribution in [3.63, 3.8) is 0 Å². The lowest BCUT2D eigenvalue weighted by atomic mass is 10.1. The Balaban J connectivity index is 3.04. The van der Waals surface area contributed by atoms with Gasteiger partial charge in [-0.05, 0) is 17.7 Å². The van der Waals surface area contributed by atoms with Crippen LogP contribution in [0.2, 0.25) is 5.02 Å². The number of hydrogen-bond donors (Lipinski definition) is 2. The van der Waals surface area contributed by atoms with Crippen molar-refractivity contribution in [3.8, 4) is 5.75 Å². The molecule has 1 unspecified atom stereocenters. The number of nitrogens with two attached hydrogens (primary N) is 1. The molecule has 1 rings (SSSR count). The highest BCUT2D eigenvalue weighted by Crippen LogP contribution is 2.25. The minimum atomic E-state index is -0.803.